The first kappa shape index (κ1) is 11.9. The van der Waals surface area contributed by atoms with Gasteiger partial charge in [-0.05, 0) is 25.8 Å². The van der Waals surface area contributed by atoms with Gasteiger partial charge in [0.1, 0.15) is 15.5 Å². The number of alkyl halides is 1. The van der Waals surface area contributed by atoms with Gasteiger partial charge in [0.2, 0.25) is 0 Å². The van der Waals surface area contributed by atoms with Gasteiger partial charge in [0.15, 0.2) is 0 Å². The summed E-state index contributed by atoms with van der Waals surface area (Å²) in [6, 6.07) is 0. The molecule has 1 heterocycles. The Hall–Kier alpha value is -0.160. The number of hydrogen-bond acceptors (Lipinski definition) is 3. The molecule has 1 unspecified atom stereocenters. The van der Waals surface area contributed by atoms with Gasteiger partial charge < -0.3 is 5.32 Å². The van der Waals surface area contributed by atoms with Gasteiger partial charge in [-0.3, -0.25) is 0 Å². The summed E-state index contributed by atoms with van der Waals surface area (Å²) < 4.78 is 36.0. The van der Waals surface area contributed by atoms with Crippen molar-refractivity contribution in [3.8, 4) is 0 Å². The maximum Gasteiger partial charge on any atom is 0.150 e. The first-order valence-corrected chi connectivity index (χ1v) is 6.90. The topological polar surface area (TPSA) is 46.2 Å². The van der Waals surface area contributed by atoms with Crippen molar-refractivity contribution in [2.75, 3.05) is 24.6 Å². The van der Waals surface area contributed by atoms with E-state index in [2.05, 4.69) is 5.32 Å². The van der Waals surface area contributed by atoms with Crippen LogP contribution in [0.2, 0.25) is 0 Å². The van der Waals surface area contributed by atoms with Crippen LogP contribution in [-0.2, 0) is 9.84 Å². The fourth-order valence-corrected chi connectivity index (χ4v) is 2.55. The second kappa shape index (κ2) is 4.57. The van der Waals surface area contributed by atoms with Crippen molar-refractivity contribution in [1.29, 1.82) is 0 Å². The van der Waals surface area contributed by atoms with Gasteiger partial charge in [-0.1, -0.05) is 6.92 Å². The summed E-state index contributed by atoms with van der Waals surface area (Å²) in [6.45, 7) is 2.70. The van der Waals surface area contributed by atoms with Crippen molar-refractivity contribution in [3.05, 3.63) is 0 Å². The largest absolute Gasteiger partial charge is 0.313 e. The normalized spacial score (nSPS) is 28.1. The van der Waals surface area contributed by atoms with Crippen LogP contribution < -0.4 is 5.32 Å². The predicted molar refractivity (Wildman–Crippen MR) is 54.9 cm³/mol. The average molecular weight is 223 g/mol. The van der Waals surface area contributed by atoms with E-state index in [1.807, 2.05) is 0 Å². The van der Waals surface area contributed by atoms with Crippen molar-refractivity contribution >= 4 is 9.84 Å². The fourth-order valence-electron chi connectivity index (χ4n) is 1.68. The zero-order valence-corrected chi connectivity index (χ0v) is 9.37. The van der Waals surface area contributed by atoms with E-state index in [0.29, 0.717) is 32.4 Å². The molecule has 1 saturated heterocycles. The first-order valence-electron chi connectivity index (χ1n) is 5.07. The van der Waals surface area contributed by atoms with Crippen LogP contribution in [-0.4, -0.2) is 38.7 Å². The standard InChI is InChI=1S/C9H18FNO2S/c1-2-14(12,13)7-3-4-9(10)5-6-11-8-9/h11H,2-8H2,1H3. The highest BCUT2D eigenvalue weighted by Crippen LogP contribution is 2.25. The molecule has 0 aromatic heterocycles. The summed E-state index contributed by atoms with van der Waals surface area (Å²) in [5.74, 6) is 0.277. The van der Waals surface area contributed by atoms with Gasteiger partial charge in [-0.2, -0.15) is 0 Å². The van der Waals surface area contributed by atoms with E-state index in [1.54, 1.807) is 6.92 Å². The minimum Gasteiger partial charge on any atom is -0.313 e. The van der Waals surface area contributed by atoms with Crippen molar-refractivity contribution < 1.29 is 12.8 Å². The van der Waals surface area contributed by atoms with E-state index < -0.39 is 15.5 Å². The number of rotatable bonds is 5. The molecule has 5 heteroatoms. The van der Waals surface area contributed by atoms with Gasteiger partial charge >= 0.3 is 0 Å². The SMILES string of the molecule is CCS(=O)(=O)CCCC1(F)CCNC1. The lowest BCUT2D eigenvalue weighted by Crippen LogP contribution is -2.26. The summed E-state index contributed by atoms with van der Waals surface area (Å²) in [6.07, 6.45) is 1.31. The maximum absolute atomic E-state index is 13.7. The van der Waals surface area contributed by atoms with Crippen molar-refractivity contribution in [3.63, 3.8) is 0 Å². The lowest BCUT2D eigenvalue weighted by atomic mass is 10.00. The second-order valence-electron chi connectivity index (χ2n) is 3.92. The molecule has 1 fully saturated rings. The molecule has 0 spiro atoms. The Balaban J connectivity index is 2.27. The van der Waals surface area contributed by atoms with Gasteiger partial charge in [-0.25, -0.2) is 12.8 Å². The molecule has 84 valence electrons. The molecular formula is C9H18FNO2S. The van der Waals surface area contributed by atoms with Gasteiger partial charge in [-0.15, -0.1) is 0 Å². The Morgan fingerprint density at radius 3 is 2.71 bits per heavy atom. The molecule has 0 amide bonds. The van der Waals surface area contributed by atoms with Crippen LogP contribution in [0.15, 0.2) is 0 Å². The molecule has 0 bridgehead atoms. The number of hydrogen-bond donors (Lipinski definition) is 1. The Labute approximate surface area is 85.0 Å². The summed E-state index contributed by atoms with van der Waals surface area (Å²) >= 11 is 0. The summed E-state index contributed by atoms with van der Waals surface area (Å²) in [5, 5.41) is 2.95. The third-order valence-corrected chi connectivity index (χ3v) is 4.50. The van der Waals surface area contributed by atoms with Crippen LogP contribution in [0.1, 0.15) is 26.2 Å². The van der Waals surface area contributed by atoms with E-state index in [9.17, 15) is 12.8 Å². The Bertz CT molecular complexity index is 271. The van der Waals surface area contributed by atoms with Crippen LogP contribution >= 0.6 is 0 Å². The van der Waals surface area contributed by atoms with Crippen molar-refractivity contribution in [2.45, 2.75) is 31.9 Å². The Morgan fingerprint density at radius 1 is 1.50 bits per heavy atom. The van der Waals surface area contributed by atoms with Gasteiger partial charge in [0.05, 0.1) is 5.75 Å². The molecular weight excluding hydrogens is 205 g/mol. The van der Waals surface area contributed by atoms with E-state index in [4.69, 9.17) is 0 Å². The summed E-state index contributed by atoms with van der Waals surface area (Å²) in [5.41, 5.74) is -1.16. The van der Waals surface area contributed by atoms with Gasteiger partial charge in [0.25, 0.3) is 0 Å². The van der Waals surface area contributed by atoms with Crippen molar-refractivity contribution in [2.24, 2.45) is 0 Å². The fraction of sp³-hybridized carbons (Fsp3) is 1.00. The molecule has 3 nitrogen and oxygen atoms in total. The molecule has 0 saturated carbocycles. The molecule has 0 aliphatic carbocycles. The van der Waals surface area contributed by atoms with Crippen LogP contribution in [0, 0.1) is 0 Å². The van der Waals surface area contributed by atoms with E-state index >= 15 is 0 Å². The molecule has 0 radical (unpaired) electrons. The molecule has 1 N–H and O–H groups in total. The summed E-state index contributed by atoms with van der Waals surface area (Å²) in [7, 11) is -2.93. The molecule has 0 aromatic rings. The quantitative estimate of drug-likeness (QED) is 0.753. The van der Waals surface area contributed by atoms with Crippen LogP contribution in [0.5, 0.6) is 0 Å². The third kappa shape index (κ3) is 3.53. The second-order valence-corrected chi connectivity index (χ2v) is 6.39. The highest BCUT2D eigenvalue weighted by molar-refractivity contribution is 7.91. The lowest BCUT2D eigenvalue weighted by molar-refractivity contribution is 0.175. The average Bonchev–Trinajstić information content (AvgIpc) is 2.52. The minimum atomic E-state index is -2.93. The molecule has 1 rings (SSSR count). The van der Waals surface area contributed by atoms with Crippen LogP contribution in [0.25, 0.3) is 0 Å². The monoisotopic (exact) mass is 223 g/mol. The van der Waals surface area contributed by atoms with E-state index in [-0.39, 0.29) is 11.5 Å². The van der Waals surface area contributed by atoms with Crippen LogP contribution in [0.4, 0.5) is 4.39 Å². The third-order valence-electron chi connectivity index (χ3n) is 2.71. The lowest BCUT2D eigenvalue weighted by Gasteiger charge is -2.17. The zero-order valence-electron chi connectivity index (χ0n) is 8.55. The predicted octanol–water partition coefficient (Wildman–Crippen LogP) is 0.903. The summed E-state index contributed by atoms with van der Waals surface area (Å²) in [4.78, 5) is 0. The number of halogens is 1. The van der Waals surface area contributed by atoms with Crippen molar-refractivity contribution in [1.82, 2.24) is 5.32 Å². The molecule has 1 atom stereocenters. The minimum absolute atomic E-state index is 0.120. The van der Waals surface area contributed by atoms with Gasteiger partial charge in [0, 0.05) is 12.3 Å². The highest BCUT2D eigenvalue weighted by atomic mass is 32.2. The van der Waals surface area contributed by atoms with Crippen LogP contribution in [0.3, 0.4) is 0 Å². The maximum atomic E-state index is 13.7. The smallest absolute Gasteiger partial charge is 0.150 e. The molecule has 14 heavy (non-hydrogen) atoms. The number of nitrogens with one attached hydrogen (secondary N) is 1. The first-order chi connectivity index (χ1) is 6.47. The molecule has 1 aliphatic heterocycles. The Kier molecular flexibility index (Phi) is 3.89. The van der Waals surface area contributed by atoms with E-state index in [0.717, 1.165) is 0 Å². The number of sulfone groups is 1. The zero-order chi connectivity index (χ0) is 10.7. The molecule has 0 aromatic carbocycles. The Morgan fingerprint density at radius 2 is 2.21 bits per heavy atom. The van der Waals surface area contributed by atoms with E-state index in [1.165, 1.54) is 0 Å². The highest BCUT2D eigenvalue weighted by Gasteiger charge is 2.33. The molecule has 1 aliphatic rings.